The number of hydrogen-bond acceptors (Lipinski definition) is 3. The van der Waals surface area contributed by atoms with Crippen LogP contribution in [0.3, 0.4) is 0 Å². The van der Waals surface area contributed by atoms with E-state index in [1.807, 2.05) is 0 Å². The summed E-state index contributed by atoms with van der Waals surface area (Å²) in [6, 6.07) is 0.582. The van der Waals surface area contributed by atoms with E-state index in [0.29, 0.717) is 6.04 Å². The van der Waals surface area contributed by atoms with E-state index in [2.05, 4.69) is 10.6 Å². The molecule has 1 unspecified atom stereocenters. The van der Waals surface area contributed by atoms with Gasteiger partial charge in [-0.25, -0.2) is 0 Å². The Morgan fingerprint density at radius 2 is 2.23 bits per heavy atom. The highest BCUT2D eigenvalue weighted by atomic mass is 16.3. The Balaban J connectivity index is 1.66. The summed E-state index contributed by atoms with van der Waals surface area (Å²) in [5, 5.41) is 16.7. The van der Waals surface area contributed by atoms with E-state index in [1.165, 1.54) is 19.3 Å². The van der Waals surface area contributed by atoms with Crippen molar-refractivity contribution in [1.82, 2.24) is 10.6 Å². The highest BCUT2D eigenvalue weighted by molar-refractivity contribution is 4.91. The topological polar surface area (TPSA) is 44.3 Å². The Kier molecular flexibility index (Phi) is 2.86. The van der Waals surface area contributed by atoms with Gasteiger partial charge in [0.15, 0.2) is 0 Å². The van der Waals surface area contributed by atoms with Crippen LogP contribution in [-0.4, -0.2) is 36.4 Å². The van der Waals surface area contributed by atoms with Crippen LogP contribution in [-0.2, 0) is 0 Å². The maximum absolute atomic E-state index is 9.86. The van der Waals surface area contributed by atoms with E-state index in [4.69, 9.17) is 0 Å². The molecule has 2 aliphatic rings. The molecule has 76 valence electrons. The number of nitrogens with one attached hydrogen (secondary N) is 2. The largest absolute Gasteiger partial charge is 0.389 e. The molecule has 13 heavy (non-hydrogen) atoms. The van der Waals surface area contributed by atoms with Crippen LogP contribution < -0.4 is 10.6 Å². The summed E-state index contributed by atoms with van der Waals surface area (Å²) in [5.74, 6) is 0. The SMILES string of the molecule is OC1(CNC2CCCNC2)CCC1. The molecule has 3 N–H and O–H groups in total. The Morgan fingerprint density at radius 1 is 1.38 bits per heavy atom. The van der Waals surface area contributed by atoms with Crippen molar-refractivity contribution in [3.63, 3.8) is 0 Å². The van der Waals surface area contributed by atoms with Gasteiger partial charge in [-0.05, 0) is 38.6 Å². The average Bonchev–Trinajstić information content (AvgIpc) is 2.13. The monoisotopic (exact) mass is 184 g/mol. The molecule has 1 saturated carbocycles. The summed E-state index contributed by atoms with van der Waals surface area (Å²) in [4.78, 5) is 0. The minimum Gasteiger partial charge on any atom is -0.389 e. The molecular formula is C10H20N2O. The van der Waals surface area contributed by atoms with E-state index in [9.17, 15) is 5.11 Å². The normalized spacial score (nSPS) is 32.5. The van der Waals surface area contributed by atoms with Gasteiger partial charge >= 0.3 is 0 Å². The zero-order valence-electron chi connectivity index (χ0n) is 8.18. The summed E-state index contributed by atoms with van der Waals surface area (Å²) >= 11 is 0. The summed E-state index contributed by atoms with van der Waals surface area (Å²) in [6.45, 7) is 3.01. The highest BCUT2D eigenvalue weighted by Crippen LogP contribution is 2.30. The van der Waals surface area contributed by atoms with Gasteiger partial charge in [0, 0.05) is 19.1 Å². The van der Waals surface area contributed by atoms with Gasteiger partial charge in [-0.1, -0.05) is 0 Å². The molecule has 3 heteroatoms. The lowest BCUT2D eigenvalue weighted by Crippen LogP contribution is -2.52. The summed E-state index contributed by atoms with van der Waals surface area (Å²) < 4.78 is 0. The predicted octanol–water partition coefficient (Wildman–Crippen LogP) is 0.243. The third-order valence-electron chi connectivity index (χ3n) is 3.30. The standard InChI is InChI=1S/C10H20N2O/c13-10(4-2-5-10)8-12-9-3-1-6-11-7-9/h9,11-13H,1-8H2. The Morgan fingerprint density at radius 3 is 2.77 bits per heavy atom. The Bertz CT molecular complexity index is 162. The van der Waals surface area contributed by atoms with Crippen molar-refractivity contribution >= 4 is 0 Å². The Hall–Kier alpha value is -0.120. The van der Waals surface area contributed by atoms with E-state index in [-0.39, 0.29) is 5.60 Å². The zero-order valence-corrected chi connectivity index (χ0v) is 8.18. The second-order valence-corrected chi connectivity index (χ2v) is 4.50. The van der Waals surface area contributed by atoms with Gasteiger partial charge in [0.05, 0.1) is 5.60 Å². The van der Waals surface area contributed by atoms with Gasteiger partial charge in [0.1, 0.15) is 0 Å². The molecule has 3 nitrogen and oxygen atoms in total. The predicted molar refractivity (Wildman–Crippen MR) is 52.7 cm³/mol. The number of hydrogen-bond donors (Lipinski definition) is 3. The molecule has 1 atom stereocenters. The molecule has 0 aromatic carbocycles. The highest BCUT2D eigenvalue weighted by Gasteiger charge is 2.34. The molecular weight excluding hydrogens is 164 g/mol. The minimum atomic E-state index is -0.364. The van der Waals surface area contributed by atoms with Crippen LogP contribution in [0.4, 0.5) is 0 Å². The van der Waals surface area contributed by atoms with Crippen LogP contribution >= 0.6 is 0 Å². The van der Waals surface area contributed by atoms with Crippen molar-refractivity contribution in [2.24, 2.45) is 0 Å². The first kappa shape index (κ1) is 9.44. The van der Waals surface area contributed by atoms with Crippen molar-refractivity contribution < 1.29 is 5.11 Å². The van der Waals surface area contributed by atoms with Crippen LogP contribution in [0.15, 0.2) is 0 Å². The zero-order chi connectivity index (χ0) is 9.15. The van der Waals surface area contributed by atoms with Crippen LogP contribution in [0.25, 0.3) is 0 Å². The first-order valence-corrected chi connectivity index (χ1v) is 5.45. The van der Waals surface area contributed by atoms with Gasteiger partial charge in [-0.15, -0.1) is 0 Å². The lowest BCUT2D eigenvalue weighted by atomic mass is 9.80. The van der Waals surface area contributed by atoms with Gasteiger partial charge < -0.3 is 15.7 Å². The van der Waals surface area contributed by atoms with Crippen molar-refractivity contribution in [3.8, 4) is 0 Å². The van der Waals surface area contributed by atoms with Crippen LogP contribution in [0.1, 0.15) is 32.1 Å². The fourth-order valence-corrected chi connectivity index (χ4v) is 2.12. The van der Waals surface area contributed by atoms with Crippen molar-refractivity contribution in [1.29, 1.82) is 0 Å². The molecule has 0 radical (unpaired) electrons. The lowest BCUT2D eigenvalue weighted by Gasteiger charge is -2.38. The molecule has 1 aliphatic carbocycles. The van der Waals surface area contributed by atoms with E-state index in [0.717, 1.165) is 32.5 Å². The molecule has 0 spiro atoms. The molecule has 0 aromatic heterocycles. The molecule has 1 heterocycles. The van der Waals surface area contributed by atoms with Gasteiger partial charge in [0.2, 0.25) is 0 Å². The molecule has 1 saturated heterocycles. The van der Waals surface area contributed by atoms with Gasteiger partial charge in [-0.2, -0.15) is 0 Å². The lowest BCUT2D eigenvalue weighted by molar-refractivity contribution is -0.0336. The third-order valence-corrected chi connectivity index (χ3v) is 3.30. The molecule has 0 aromatic rings. The second-order valence-electron chi connectivity index (χ2n) is 4.50. The first-order chi connectivity index (χ1) is 6.29. The van der Waals surface area contributed by atoms with Crippen molar-refractivity contribution in [3.05, 3.63) is 0 Å². The molecule has 2 rings (SSSR count). The third kappa shape index (κ3) is 2.42. The summed E-state index contributed by atoms with van der Waals surface area (Å²) in [6.07, 6.45) is 5.68. The number of rotatable bonds is 3. The van der Waals surface area contributed by atoms with Crippen LogP contribution in [0.5, 0.6) is 0 Å². The maximum atomic E-state index is 9.86. The molecule has 1 aliphatic heterocycles. The fraction of sp³-hybridized carbons (Fsp3) is 1.00. The first-order valence-electron chi connectivity index (χ1n) is 5.45. The van der Waals surface area contributed by atoms with Gasteiger partial charge in [0.25, 0.3) is 0 Å². The second kappa shape index (κ2) is 3.95. The fourth-order valence-electron chi connectivity index (χ4n) is 2.12. The molecule has 0 bridgehead atoms. The van der Waals surface area contributed by atoms with Gasteiger partial charge in [-0.3, -0.25) is 0 Å². The van der Waals surface area contributed by atoms with Crippen molar-refractivity contribution in [2.45, 2.75) is 43.7 Å². The molecule has 0 amide bonds. The van der Waals surface area contributed by atoms with Crippen LogP contribution in [0.2, 0.25) is 0 Å². The Labute approximate surface area is 79.9 Å². The summed E-state index contributed by atoms with van der Waals surface area (Å²) in [7, 11) is 0. The molecule has 2 fully saturated rings. The van der Waals surface area contributed by atoms with Crippen molar-refractivity contribution in [2.75, 3.05) is 19.6 Å². The maximum Gasteiger partial charge on any atom is 0.0771 e. The smallest absolute Gasteiger partial charge is 0.0771 e. The minimum absolute atomic E-state index is 0.364. The van der Waals surface area contributed by atoms with E-state index < -0.39 is 0 Å². The van der Waals surface area contributed by atoms with E-state index in [1.54, 1.807) is 0 Å². The summed E-state index contributed by atoms with van der Waals surface area (Å²) in [5.41, 5.74) is -0.364. The van der Waals surface area contributed by atoms with E-state index >= 15 is 0 Å². The quantitative estimate of drug-likeness (QED) is 0.589. The average molecular weight is 184 g/mol. The number of piperidine rings is 1. The van der Waals surface area contributed by atoms with Crippen LogP contribution in [0, 0.1) is 0 Å². The number of aliphatic hydroxyl groups is 1.